The third-order valence-electron chi connectivity index (χ3n) is 4.11. The van der Waals surface area contributed by atoms with E-state index >= 15 is 0 Å². The number of anilines is 1. The maximum atomic E-state index is 12.1. The van der Waals surface area contributed by atoms with E-state index in [0.29, 0.717) is 18.0 Å². The molecular weight excluding hydrogens is 346 g/mol. The van der Waals surface area contributed by atoms with Gasteiger partial charge in [-0.05, 0) is 54.7 Å². The summed E-state index contributed by atoms with van der Waals surface area (Å²) in [6.07, 6.45) is 1.83. The van der Waals surface area contributed by atoms with Gasteiger partial charge in [-0.2, -0.15) is 0 Å². The number of aryl methyl sites for hydroxylation is 3. The molecule has 138 valence electrons. The van der Waals surface area contributed by atoms with E-state index in [2.05, 4.69) is 29.2 Å². The number of para-hydroxylation sites is 2. The zero-order valence-electron chi connectivity index (χ0n) is 15.4. The third kappa shape index (κ3) is 5.46. The topological polar surface area (TPSA) is 62.4 Å². The van der Waals surface area contributed by atoms with Crippen LogP contribution in [-0.2, 0) is 17.6 Å². The first-order valence-corrected chi connectivity index (χ1v) is 9.02. The highest BCUT2D eigenvalue weighted by molar-refractivity contribution is 7.80. The average molecular weight is 372 g/mol. The summed E-state index contributed by atoms with van der Waals surface area (Å²) < 4.78 is 5.30. The molecule has 0 fully saturated rings. The molecule has 1 amide bonds. The van der Waals surface area contributed by atoms with Gasteiger partial charge in [0, 0.05) is 12.1 Å². The van der Waals surface area contributed by atoms with Crippen LogP contribution in [0.4, 0.5) is 5.69 Å². The van der Waals surface area contributed by atoms with Crippen molar-refractivity contribution in [1.82, 2.24) is 10.9 Å². The van der Waals surface area contributed by atoms with Crippen LogP contribution in [0.5, 0.6) is 5.75 Å². The number of hydrogen-bond acceptors (Lipinski definition) is 3. The SMILES string of the molecule is CCc1cccc(C)c1NC(=S)NNC(=O)CCc1ccccc1OC. The van der Waals surface area contributed by atoms with Crippen molar-refractivity contribution in [2.75, 3.05) is 12.4 Å². The van der Waals surface area contributed by atoms with Crippen LogP contribution in [0.2, 0.25) is 0 Å². The summed E-state index contributed by atoms with van der Waals surface area (Å²) >= 11 is 5.28. The summed E-state index contributed by atoms with van der Waals surface area (Å²) in [6.45, 7) is 4.12. The van der Waals surface area contributed by atoms with Crippen LogP contribution in [0.3, 0.4) is 0 Å². The number of thiocarbonyl (C=S) groups is 1. The molecule has 3 N–H and O–H groups in total. The second-order valence-corrected chi connectivity index (χ2v) is 6.31. The van der Waals surface area contributed by atoms with E-state index in [1.54, 1.807) is 7.11 Å². The lowest BCUT2D eigenvalue weighted by Crippen LogP contribution is -2.44. The normalized spacial score (nSPS) is 10.1. The number of nitrogens with one attached hydrogen (secondary N) is 3. The molecule has 0 aliphatic carbocycles. The van der Waals surface area contributed by atoms with Gasteiger partial charge in [0.05, 0.1) is 7.11 Å². The second-order valence-electron chi connectivity index (χ2n) is 5.90. The van der Waals surface area contributed by atoms with Crippen LogP contribution in [0.1, 0.15) is 30.0 Å². The van der Waals surface area contributed by atoms with Crippen LogP contribution >= 0.6 is 12.2 Å². The Morgan fingerprint density at radius 3 is 2.54 bits per heavy atom. The van der Waals surface area contributed by atoms with E-state index in [1.165, 1.54) is 5.56 Å². The maximum absolute atomic E-state index is 12.1. The Labute approximate surface area is 160 Å². The van der Waals surface area contributed by atoms with Gasteiger partial charge in [-0.25, -0.2) is 0 Å². The summed E-state index contributed by atoms with van der Waals surface area (Å²) in [7, 11) is 1.63. The smallest absolute Gasteiger partial charge is 0.238 e. The van der Waals surface area contributed by atoms with Crippen LogP contribution < -0.4 is 20.9 Å². The van der Waals surface area contributed by atoms with Gasteiger partial charge in [0.15, 0.2) is 5.11 Å². The molecule has 2 rings (SSSR count). The molecule has 5 nitrogen and oxygen atoms in total. The highest BCUT2D eigenvalue weighted by atomic mass is 32.1. The van der Waals surface area contributed by atoms with Crippen LogP contribution in [0.15, 0.2) is 42.5 Å². The fourth-order valence-electron chi connectivity index (χ4n) is 2.69. The summed E-state index contributed by atoms with van der Waals surface area (Å²) in [5.41, 5.74) is 9.66. The number of hydrogen-bond donors (Lipinski definition) is 3. The first kappa shape index (κ1) is 19.7. The molecule has 0 unspecified atom stereocenters. The number of amides is 1. The molecule has 0 heterocycles. The molecule has 0 bridgehead atoms. The third-order valence-corrected chi connectivity index (χ3v) is 4.31. The molecule has 2 aromatic rings. The van der Waals surface area contributed by atoms with Gasteiger partial charge in [-0.3, -0.25) is 15.6 Å². The van der Waals surface area contributed by atoms with Crippen molar-refractivity contribution in [2.45, 2.75) is 33.1 Å². The Bertz CT molecular complexity index is 777. The van der Waals surface area contributed by atoms with Gasteiger partial charge >= 0.3 is 0 Å². The number of hydrazine groups is 1. The molecule has 0 radical (unpaired) electrons. The highest BCUT2D eigenvalue weighted by Gasteiger charge is 2.08. The lowest BCUT2D eigenvalue weighted by molar-refractivity contribution is -0.121. The van der Waals surface area contributed by atoms with E-state index in [-0.39, 0.29) is 5.91 Å². The molecule has 2 aromatic carbocycles. The Morgan fingerprint density at radius 2 is 1.81 bits per heavy atom. The zero-order valence-corrected chi connectivity index (χ0v) is 16.2. The molecule has 0 aliphatic rings. The van der Waals surface area contributed by atoms with Gasteiger partial charge in [0.2, 0.25) is 5.91 Å². The second kappa shape index (κ2) is 9.77. The molecule has 0 saturated heterocycles. The van der Waals surface area contributed by atoms with Crippen molar-refractivity contribution in [2.24, 2.45) is 0 Å². The average Bonchev–Trinajstić information content (AvgIpc) is 2.66. The fourth-order valence-corrected chi connectivity index (χ4v) is 2.85. The number of ether oxygens (including phenoxy) is 1. The predicted molar refractivity (Wildman–Crippen MR) is 109 cm³/mol. The van der Waals surface area contributed by atoms with Gasteiger partial charge in [-0.15, -0.1) is 0 Å². The standard InChI is InChI=1S/C20H25N3O2S/c1-4-15-10-7-8-14(2)19(15)21-20(26)23-22-18(24)13-12-16-9-5-6-11-17(16)25-3/h5-11H,4,12-13H2,1-3H3,(H,22,24)(H2,21,23,26). The number of carbonyl (C=O) groups excluding carboxylic acids is 1. The lowest BCUT2D eigenvalue weighted by atomic mass is 10.1. The molecule has 0 saturated carbocycles. The Hall–Kier alpha value is -2.60. The number of rotatable bonds is 6. The summed E-state index contributed by atoms with van der Waals surface area (Å²) in [4.78, 5) is 12.1. The lowest BCUT2D eigenvalue weighted by Gasteiger charge is -2.16. The van der Waals surface area contributed by atoms with E-state index in [4.69, 9.17) is 17.0 Å². The first-order chi connectivity index (χ1) is 12.5. The van der Waals surface area contributed by atoms with Crippen molar-refractivity contribution < 1.29 is 9.53 Å². The number of methoxy groups -OCH3 is 1. The number of benzene rings is 2. The monoisotopic (exact) mass is 371 g/mol. The van der Waals surface area contributed by atoms with E-state index in [0.717, 1.165) is 29.0 Å². The van der Waals surface area contributed by atoms with Crippen molar-refractivity contribution in [3.8, 4) is 5.75 Å². The summed E-state index contributed by atoms with van der Waals surface area (Å²) in [5.74, 6) is 0.651. The highest BCUT2D eigenvalue weighted by Crippen LogP contribution is 2.21. The van der Waals surface area contributed by atoms with Gasteiger partial charge < -0.3 is 10.1 Å². The van der Waals surface area contributed by atoms with Crippen molar-refractivity contribution in [1.29, 1.82) is 0 Å². The van der Waals surface area contributed by atoms with Crippen LogP contribution in [0, 0.1) is 6.92 Å². The quantitative estimate of drug-likeness (QED) is 0.536. The van der Waals surface area contributed by atoms with Crippen molar-refractivity contribution in [3.63, 3.8) is 0 Å². The molecule has 26 heavy (non-hydrogen) atoms. The van der Waals surface area contributed by atoms with Crippen molar-refractivity contribution >= 4 is 28.9 Å². The maximum Gasteiger partial charge on any atom is 0.238 e. The minimum atomic E-state index is -0.138. The fraction of sp³-hybridized carbons (Fsp3) is 0.300. The van der Waals surface area contributed by atoms with Crippen molar-refractivity contribution in [3.05, 3.63) is 59.2 Å². The largest absolute Gasteiger partial charge is 0.496 e. The summed E-state index contributed by atoms with van der Waals surface area (Å²) in [6, 6.07) is 13.8. The molecular formula is C20H25N3O2S. The van der Waals surface area contributed by atoms with Gasteiger partial charge in [-0.1, -0.05) is 43.3 Å². The summed E-state index contributed by atoms with van der Waals surface area (Å²) in [5, 5.41) is 3.52. The first-order valence-electron chi connectivity index (χ1n) is 8.61. The van der Waals surface area contributed by atoms with Gasteiger partial charge in [0.25, 0.3) is 0 Å². The molecule has 0 aromatic heterocycles. The van der Waals surface area contributed by atoms with Crippen LogP contribution in [0.25, 0.3) is 0 Å². The molecule has 0 spiro atoms. The zero-order chi connectivity index (χ0) is 18.9. The minimum Gasteiger partial charge on any atom is -0.496 e. The molecule has 0 aliphatic heterocycles. The minimum absolute atomic E-state index is 0.138. The Balaban J connectivity index is 1.83. The van der Waals surface area contributed by atoms with E-state index < -0.39 is 0 Å². The van der Waals surface area contributed by atoms with E-state index in [9.17, 15) is 4.79 Å². The molecule has 6 heteroatoms. The van der Waals surface area contributed by atoms with E-state index in [1.807, 2.05) is 43.3 Å². The predicted octanol–water partition coefficient (Wildman–Crippen LogP) is 3.52. The van der Waals surface area contributed by atoms with Gasteiger partial charge in [0.1, 0.15) is 5.75 Å². The number of carbonyl (C=O) groups is 1. The molecule has 0 atom stereocenters. The Kier molecular flexibility index (Phi) is 7.41. The Morgan fingerprint density at radius 1 is 1.08 bits per heavy atom. The van der Waals surface area contributed by atoms with Crippen LogP contribution in [-0.4, -0.2) is 18.1 Å².